The predicted molar refractivity (Wildman–Crippen MR) is 54.6 cm³/mol. The Labute approximate surface area is 74.9 Å². The highest BCUT2D eigenvalue weighted by Crippen LogP contribution is 2.29. The maximum absolute atomic E-state index is 4.03. The minimum Gasteiger partial charge on any atom is -0.293 e. The molecule has 0 aromatic heterocycles. The number of nitrogens with zero attached hydrogens (tertiary/aromatic N) is 1. The van der Waals surface area contributed by atoms with Crippen LogP contribution < -0.4 is 0 Å². The molecule has 0 amide bonds. The molecule has 1 unspecified atom stereocenters. The third kappa shape index (κ3) is 2.07. The number of hydrogen-bond acceptors (Lipinski definition) is 1. The maximum Gasteiger partial charge on any atom is 0.0713 e. The van der Waals surface area contributed by atoms with Crippen LogP contribution in [0.2, 0.25) is 0 Å². The van der Waals surface area contributed by atoms with E-state index in [2.05, 4.69) is 50.7 Å². The van der Waals surface area contributed by atoms with E-state index in [1.807, 2.05) is 0 Å². The zero-order valence-electron chi connectivity index (χ0n) is 8.17. The zero-order valence-corrected chi connectivity index (χ0v) is 8.17. The molecule has 0 saturated carbocycles. The van der Waals surface area contributed by atoms with Gasteiger partial charge in [-0.1, -0.05) is 39.0 Å². The van der Waals surface area contributed by atoms with Crippen LogP contribution in [0.15, 0.2) is 28.8 Å². The van der Waals surface area contributed by atoms with E-state index in [1.165, 1.54) is 5.57 Å². The molecule has 1 rings (SSSR count). The summed E-state index contributed by atoms with van der Waals surface area (Å²) in [5.41, 5.74) is 1.60. The summed E-state index contributed by atoms with van der Waals surface area (Å²) in [6.45, 7) is 10.2. The molecule has 0 radical (unpaired) electrons. The zero-order chi connectivity index (χ0) is 9.19. The van der Waals surface area contributed by atoms with Crippen LogP contribution in [0.4, 0.5) is 0 Å². The fraction of sp³-hybridized carbons (Fsp3) is 0.545. The van der Waals surface area contributed by atoms with E-state index in [0.717, 1.165) is 6.42 Å². The summed E-state index contributed by atoms with van der Waals surface area (Å²) in [5, 5.41) is 0. The van der Waals surface area contributed by atoms with E-state index in [0.29, 0.717) is 6.04 Å². The van der Waals surface area contributed by atoms with Gasteiger partial charge >= 0.3 is 0 Å². The van der Waals surface area contributed by atoms with Gasteiger partial charge in [-0.15, -0.1) is 0 Å². The average Bonchev–Trinajstić information content (AvgIpc) is 2.03. The second-order valence-electron chi connectivity index (χ2n) is 4.26. The molecule has 1 aliphatic rings. The van der Waals surface area contributed by atoms with E-state index in [9.17, 15) is 0 Å². The molecule has 0 bridgehead atoms. The van der Waals surface area contributed by atoms with E-state index >= 15 is 0 Å². The van der Waals surface area contributed by atoms with Gasteiger partial charge in [-0.05, 0) is 24.1 Å². The highest BCUT2D eigenvalue weighted by atomic mass is 14.7. The Bertz CT molecular complexity index is 228. The van der Waals surface area contributed by atoms with Crippen LogP contribution in [0.3, 0.4) is 0 Å². The van der Waals surface area contributed by atoms with Gasteiger partial charge in [0.1, 0.15) is 0 Å². The van der Waals surface area contributed by atoms with Gasteiger partial charge in [0.25, 0.3) is 0 Å². The van der Waals surface area contributed by atoms with Crippen molar-refractivity contribution in [3.8, 4) is 0 Å². The van der Waals surface area contributed by atoms with Crippen molar-refractivity contribution in [2.24, 2.45) is 10.4 Å². The van der Waals surface area contributed by atoms with Crippen molar-refractivity contribution in [1.82, 2.24) is 0 Å². The lowest BCUT2D eigenvalue weighted by Gasteiger charge is -2.24. The molecular weight excluding hydrogens is 146 g/mol. The normalized spacial score (nSPS) is 23.6. The quantitative estimate of drug-likeness (QED) is 0.527. The monoisotopic (exact) mass is 163 g/mol. The van der Waals surface area contributed by atoms with E-state index in [1.54, 1.807) is 0 Å². The van der Waals surface area contributed by atoms with Crippen molar-refractivity contribution in [3.05, 3.63) is 23.8 Å². The summed E-state index contributed by atoms with van der Waals surface area (Å²) in [4.78, 5) is 4.03. The molecule has 1 atom stereocenters. The molecule has 0 fully saturated rings. The van der Waals surface area contributed by atoms with Crippen LogP contribution >= 0.6 is 0 Å². The second kappa shape index (κ2) is 3.26. The fourth-order valence-electron chi connectivity index (χ4n) is 1.29. The summed E-state index contributed by atoms with van der Waals surface area (Å²) >= 11 is 0. The molecule has 1 aliphatic carbocycles. The molecule has 66 valence electrons. The Morgan fingerprint density at radius 3 is 2.67 bits per heavy atom. The Kier molecular flexibility index (Phi) is 2.51. The molecule has 0 N–H and O–H groups in total. The van der Waals surface area contributed by atoms with Crippen molar-refractivity contribution in [1.29, 1.82) is 0 Å². The Hall–Kier alpha value is -0.850. The standard InChI is InChI=1S/C11H17N/c1-11(2,3)9-6-5-7-10(8-9)12-4/h5-6,8,10H,4,7H2,1-3H3. The molecule has 0 aromatic carbocycles. The van der Waals surface area contributed by atoms with Gasteiger partial charge in [0.05, 0.1) is 6.04 Å². The smallest absolute Gasteiger partial charge is 0.0713 e. The molecule has 0 heterocycles. The summed E-state index contributed by atoms with van der Waals surface area (Å²) in [6, 6.07) is 0.296. The van der Waals surface area contributed by atoms with E-state index < -0.39 is 0 Å². The fourth-order valence-corrected chi connectivity index (χ4v) is 1.29. The summed E-state index contributed by atoms with van der Waals surface area (Å²) < 4.78 is 0. The minimum absolute atomic E-state index is 0.236. The first-order valence-corrected chi connectivity index (χ1v) is 4.38. The molecule has 0 spiro atoms. The number of hydrogen-bond donors (Lipinski definition) is 0. The number of aliphatic imine (C=N–C) groups is 1. The molecule has 1 nitrogen and oxygen atoms in total. The second-order valence-corrected chi connectivity index (χ2v) is 4.26. The van der Waals surface area contributed by atoms with Gasteiger partial charge in [-0.2, -0.15) is 0 Å². The van der Waals surface area contributed by atoms with Crippen LogP contribution in [0, 0.1) is 5.41 Å². The first kappa shape index (κ1) is 9.24. The van der Waals surface area contributed by atoms with Crippen molar-refractivity contribution < 1.29 is 0 Å². The number of rotatable bonds is 1. The average molecular weight is 163 g/mol. The lowest BCUT2D eigenvalue weighted by Crippen LogP contribution is -2.13. The number of allylic oxidation sites excluding steroid dienone is 2. The summed E-state index contributed by atoms with van der Waals surface area (Å²) in [5.74, 6) is 0. The Morgan fingerprint density at radius 2 is 2.17 bits per heavy atom. The van der Waals surface area contributed by atoms with Crippen LogP contribution in [0.1, 0.15) is 27.2 Å². The SMILES string of the molecule is C=NC1C=C(C(C)(C)C)C=CC1. The molecule has 1 heteroatoms. The van der Waals surface area contributed by atoms with Crippen LogP contribution in [-0.2, 0) is 0 Å². The van der Waals surface area contributed by atoms with Gasteiger partial charge in [0, 0.05) is 0 Å². The maximum atomic E-state index is 4.03. The molecule has 0 aromatic rings. The van der Waals surface area contributed by atoms with Crippen LogP contribution in [0.5, 0.6) is 0 Å². The first-order valence-electron chi connectivity index (χ1n) is 4.38. The highest BCUT2D eigenvalue weighted by Gasteiger charge is 2.18. The van der Waals surface area contributed by atoms with Crippen molar-refractivity contribution in [2.45, 2.75) is 33.2 Å². The van der Waals surface area contributed by atoms with Crippen molar-refractivity contribution in [3.63, 3.8) is 0 Å². The van der Waals surface area contributed by atoms with Gasteiger partial charge in [-0.3, -0.25) is 4.99 Å². The Morgan fingerprint density at radius 1 is 1.50 bits per heavy atom. The third-order valence-electron chi connectivity index (χ3n) is 2.15. The van der Waals surface area contributed by atoms with Gasteiger partial charge in [0.2, 0.25) is 0 Å². The molecule has 0 saturated heterocycles. The lowest BCUT2D eigenvalue weighted by atomic mass is 9.83. The summed E-state index contributed by atoms with van der Waals surface area (Å²) in [6.07, 6.45) is 7.59. The van der Waals surface area contributed by atoms with E-state index in [-0.39, 0.29) is 5.41 Å². The van der Waals surface area contributed by atoms with Crippen molar-refractivity contribution in [2.75, 3.05) is 0 Å². The lowest BCUT2D eigenvalue weighted by molar-refractivity contribution is 0.509. The minimum atomic E-state index is 0.236. The van der Waals surface area contributed by atoms with Crippen LogP contribution in [-0.4, -0.2) is 12.8 Å². The topological polar surface area (TPSA) is 12.4 Å². The van der Waals surface area contributed by atoms with Gasteiger partial charge in [0.15, 0.2) is 0 Å². The molecular formula is C11H17N. The predicted octanol–water partition coefficient (Wildman–Crippen LogP) is 2.99. The Balaban J connectivity index is 2.84. The summed E-state index contributed by atoms with van der Waals surface area (Å²) in [7, 11) is 0. The van der Waals surface area contributed by atoms with Gasteiger partial charge < -0.3 is 0 Å². The largest absolute Gasteiger partial charge is 0.293 e. The first-order chi connectivity index (χ1) is 5.54. The van der Waals surface area contributed by atoms with Gasteiger partial charge in [-0.25, -0.2) is 0 Å². The molecule has 0 aliphatic heterocycles. The van der Waals surface area contributed by atoms with E-state index in [4.69, 9.17) is 0 Å². The molecule has 12 heavy (non-hydrogen) atoms. The van der Waals surface area contributed by atoms with Crippen molar-refractivity contribution >= 4 is 6.72 Å². The third-order valence-corrected chi connectivity index (χ3v) is 2.15. The van der Waals surface area contributed by atoms with Crippen LogP contribution in [0.25, 0.3) is 0 Å². The highest BCUT2D eigenvalue weighted by molar-refractivity contribution is 5.33.